The maximum Gasteiger partial charge on any atom is 0.127 e. The molecule has 0 saturated heterocycles. The summed E-state index contributed by atoms with van der Waals surface area (Å²) in [5.41, 5.74) is 1.74. The van der Waals surface area contributed by atoms with Gasteiger partial charge in [-0.2, -0.15) is 0 Å². The molecule has 0 saturated carbocycles. The molecule has 2 nitrogen and oxygen atoms in total. The number of nitrogens with one attached hydrogen (secondary N) is 1. The van der Waals surface area contributed by atoms with E-state index in [0.29, 0.717) is 18.7 Å². The minimum atomic E-state index is -0.188. The highest BCUT2D eigenvalue weighted by atomic mass is 79.9. The lowest BCUT2D eigenvalue weighted by Gasteiger charge is -2.06. The number of hydrogen-bond donors (Lipinski definition) is 1. The molecular weight excluding hydrogens is 283 g/mol. The first-order valence-corrected chi connectivity index (χ1v) is 6.08. The Morgan fingerprint density at radius 1 is 1.24 bits per heavy atom. The van der Waals surface area contributed by atoms with Crippen molar-refractivity contribution in [3.63, 3.8) is 0 Å². The van der Waals surface area contributed by atoms with Crippen molar-refractivity contribution < 1.29 is 4.39 Å². The lowest BCUT2D eigenvalue weighted by atomic mass is 10.2. The SMILES string of the molecule is Fc1ccc(Br)cc1CNCc1cccnc1. The summed E-state index contributed by atoms with van der Waals surface area (Å²) in [5.74, 6) is -0.188. The van der Waals surface area contributed by atoms with E-state index >= 15 is 0 Å². The predicted octanol–water partition coefficient (Wildman–Crippen LogP) is 3.27. The van der Waals surface area contributed by atoms with Crippen LogP contribution in [0.3, 0.4) is 0 Å². The normalized spacial score (nSPS) is 10.5. The Kier molecular flexibility index (Phi) is 4.23. The van der Waals surface area contributed by atoms with Crippen LogP contribution in [0.1, 0.15) is 11.1 Å². The molecule has 0 atom stereocenters. The molecule has 88 valence electrons. The molecule has 0 radical (unpaired) electrons. The third kappa shape index (κ3) is 3.61. The molecule has 17 heavy (non-hydrogen) atoms. The molecule has 1 heterocycles. The minimum Gasteiger partial charge on any atom is -0.308 e. The molecule has 4 heteroatoms. The number of benzene rings is 1. The highest BCUT2D eigenvalue weighted by Crippen LogP contribution is 2.15. The average Bonchev–Trinajstić information content (AvgIpc) is 2.35. The van der Waals surface area contributed by atoms with Crippen molar-refractivity contribution in [2.45, 2.75) is 13.1 Å². The molecule has 1 N–H and O–H groups in total. The first kappa shape index (κ1) is 12.2. The van der Waals surface area contributed by atoms with Crippen molar-refractivity contribution in [3.8, 4) is 0 Å². The summed E-state index contributed by atoms with van der Waals surface area (Å²) in [6.07, 6.45) is 3.53. The Morgan fingerprint density at radius 3 is 2.88 bits per heavy atom. The Bertz CT molecular complexity index is 488. The van der Waals surface area contributed by atoms with Gasteiger partial charge in [-0.15, -0.1) is 0 Å². The molecule has 0 aliphatic carbocycles. The van der Waals surface area contributed by atoms with E-state index in [1.54, 1.807) is 24.5 Å². The first-order valence-electron chi connectivity index (χ1n) is 5.29. The second-order valence-electron chi connectivity index (χ2n) is 3.70. The van der Waals surface area contributed by atoms with Gasteiger partial charge in [-0.05, 0) is 29.8 Å². The van der Waals surface area contributed by atoms with Crippen LogP contribution in [0.15, 0.2) is 47.2 Å². The van der Waals surface area contributed by atoms with Crippen molar-refractivity contribution in [1.82, 2.24) is 10.3 Å². The van der Waals surface area contributed by atoms with Crippen LogP contribution in [0.25, 0.3) is 0 Å². The van der Waals surface area contributed by atoms with E-state index < -0.39 is 0 Å². The molecule has 0 aliphatic heterocycles. The lowest BCUT2D eigenvalue weighted by Crippen LogP contribution is -2.13. The lowest BCUT2D eigenvalue weighted by molar-refractivity contribution is 0.587. The molecule has 2 aromatic rings. The monoisotopic (exact) mass is 294 g/mol. The fraction of sp³-hybridized carbons (Fsp3) is 0.154. The van der Waals surface area contributed by atoms with Gasteiger partial charge in [0.05, 0.1) is 0 Å². The largest absolute Gasteiger partial charge is 0.308 e. The highest BCUT2D eigenvalue weighted by molar-refractivity contribution is 9.10. The zero-order valence-electron chi connectivity index (χ0n) is 9.16. The van der Waals surface area contributed by atoms with E-state index in [1.807, 2.05) is 12.1 Å². The zero-order chi connectivity index (χ0) is 12.1. The van der Waals surface area contributed by atoms with Gasteiger partial charge >= 0.3 is 0 Å². The number of pyridine rings is 1. The Morgan fingerprint density at radius 2 is 2.12 bits per heavy atom. The van der Waals surface area contributed by atoms with Gasteiger partial charge in [0.25, 0.3) is 0 Å². The van der Waals surface area contributed by atoms with Crippen LogP contribution < -0.4 is 5.32 Å². The van der Waals surface area contributed by atoms with Crippen LogP contribution >= 0.6 is 15.9 Å². The fourth-order valence-corrected chi connectivity index (χ4v) is 1.93. The van der Waals surface area contributed by atoms with Crippen LogP contribution in [0.4, 0.5) is 4.39 Å². The van der Waals surface area contributed by atoms with Gasteiger partial charge < -0.3 is 5.32 Å². The topological polar surface area (TPSA) is 24.9 Å². The number of halogens is 2. The van der Waals surface area contributed by atoms with Crippen molar-refractivity contribution >= 4 is 15.9 Å². The fourth-order valence-electron chi connectivity index (χ4n) is 1.52. The van der Waals surface area contributed by atoms with Gasteiger partial charge in [-0.25, -0.2) is 4.39 Å². The van der Waals surface area contributed by atoms with Gasteiger partial charge in [0.1, 0.15) is 5.82 Å². The number of aromatic nitrogens is 1. The number of rotatable bonds is 4. The average molecular weight is 295 g/mol. The van der Waals surface area contributed by atoms with E-state index in [1.165, 1.54) is 6.07 Å². The van der Waals surface area contributed by atoms with E-state index in [4.69, 9.17) is 0 Å². The summed E-state index contributed by atoms with van der Waals surface area (Å²) in [6.45, 7) is 1.18. The summed E-state index contributed by atoms with van der Waals surface area (Å²) >= 11 is 3.33. The van der Waals surface area contributed by atoms with Crippen molar-refractivity contribution in [3.05, 3.63) is 64.1 Å². The summed E-state index contributed by atoms with van der Waals surface area (Å²) < 4.78 is 14.3. The summed E-state index contributed by atoms with van der Waals surface area (Å²) in [7, 11) is 0. The summed E-state index contributed by atoms with van der Waals surface area (Å²) in [5, 5.41) is 3.19. The van der Waals surface area contributed by atoms with E-state index in [9.17, 15) is 4.39 Å². The Hall–Kier alpha value is -1.26. The van der Waals surface area contributed by atoms with Gasteiger partial charge in [-0.3, -0.25) is 4.98 Å². The van der Waals surface area contributed by atoms with Crippen LogP contribution in [0.2, 0.25) is 0 Å². The third-order valence-corrected chi connectivity index (χ3v) is 2.87. The molecule has 0 amide bonds. The van der Waals surface area contributed by atoms with Crippen LogP contribution in [-0.4, -0.2) is 4.98 Å². The molecule has 0 bridgehead atoms. The predicted molar refractivity (Wildman–Crippen MR) is 68.9 cm³/mol. The van der Waals surface area contributed by atoms with Gasteiger partial charge in [0.15, 0.2) is 0 Å². The maximum atomic E-state index is 13.4. The molecule has 1 aromatic carbocycles. The quantitative estimate of drug-likeness (QED) is 0.936. The molecule has 0 fully saturated rings. The molecule has 1 aromatic heterocycles. The first-order chi connectivity index (χ1) is 8.25. The van der Waals surface area contributed by atoms with E-state index in [-0.39, 0.29) is 5.82 Å². The smallest absolute Gasteiger partial charge is 0.127 e. The number of nitrogens with zero attached hydrogens (tertiary/aromatic N) is 1. The molecule has 0 aliphatic rings. The number of hydrogen-bond acceptors (Lipinski definition) is 2. The summed E-state index contributed by atoms with van der Waals surface area (Å²) in [4.78, 5) is 4.02. The van der Waals surface area contributed by atoms with Gasteiger partial charge in [-0.1, -0.05) is 22.0 Å². The van der Waals surface area contributed by atoms with Crippen molar-refractivity contribution in [2.24, 2.45) is 0 Å². The van der Waals surface area contributed by atoms with Crippen LogP contribution in [0, 0.1) is 5.82 Å². The van der Waals surface area contributed by atoms with Crippen molar-refractivity contribution in [2.75, 3.05) is 0 Å². The van der Waals surface area contributed by atoms with Gasteiger partial charge in [0, 0.05) is 35.5 Å². The second-order valence-corrected chi connectivity index (χ2v) is 4.62. The van der Waals surface area contributed by atoms with E-state index in [2.05, 4.69) is 26.2 Å². The Labute approximate surface area is 108 Å². The standard InChI is InChI=1S/C13H12BrFN2/c14-12-3-4-13(15)11(6-12)9-17-8-10-2-1-5-16-7-10/h1-7,17H,8-9H2. The minimum absolute atomic E-state index is 0.188. The molecule has 0 spiro atoms. The second kappa shape index (κ2) is 5.89. The van der Waals surface area contributed by atoms with Crippen LogP contribution in [0.5, 0.6) is 0 Å². The zero-order valence-corrected chi connectivity index (χ0v) is 10.7. The van der Waals surface area contributed by atoms with Crippen molar-refractivity contribution in [1.29, 1.82) is 0 Å². The molecule has 2 rings (SSSR count). The molecule has 0 unspecified atom stereocenters. The van der Waals surface area contributed by atoms with Gasteiger partial charge in [0.2, 0.25) is 0 Å². The summed E-state index contributed by atoms with van der Waals surface area (Å²) in [6, 6.07) is 8.81. The third-order valence-electron chi connectivity index (χ3n) is 2.38. The van der Waals surface area contributed by atoms with E-state index in [0.717, 1.165) is 10.0 Å². The highest BCUT2D eigenvalue weighted by Gasteiger charge is 2.02. The van der Waals surface area contributed by atoms with Crippen LogP contribution in [-0.2, 0) is 13.1 Å². The molecular formula is C13H12BrFN2. The maximum absolute atomic E-state index is 13.4. The Balaban J connectivity index is 1.92.